The zero-order valence-corrected chi connectivity index (χ0v) is 13.5. The first-order chi connectivity index (χ1) is 8.40. The van der Waals surface area contributed by atoms with Gasteiger partial charge in [-0.05, 0) is 38.7 Å². The number of carbonyl (C=O) groups excluding carboxylic acids is 1. The molecular weight excluding hydrogens is 304 g/mol. The van der Waals surface area contributed by atoms with Crippen molar-refractivity contribution in [1.29, 1.82) is 0 Å². The van der Waals surface area contributed by atoms with Crippen LogP contribution in [-0.4, -0.2) is 30.9 Å². The van der Waals surface area contributed by atoms with Gasteiger partial charge in [-0.15, -0.1) is 24.8 Å². The molecule has 1 atom stereocenters. The third kappa shape index (κ3) is 7.05. The summed E-state index contributed by atoms with van der Waals surface area (Å²) in [6.07, 6.45) is 0. The van der Waals surface area contributed by atoms with Crippen molar-refractivity contribution in [3.63, 3.8) is 0 Å². The summed E-state index contributed by atoms with van der Waals surface area (Å²) in [5.74, 6) is -0.445. The van der Waals surface area contributed by atoms with Gasteiger partial charge in [-0.1, -0.05) is 6.07 Å². The Balaban J connectivity index is 0. The standard InChI is InChI=1S/C13H20FN3O.2ClH/c1-9(15)13(18)16-7-10-4-5-12(14)11(6-10)8-17(2)3;;/h4-6,9H,7-8,15H2,1-3H3,(H,16,18);2*1H/t9-;;/m1../s1. The van der Waals surface area contributed by atoms with E-state index in [0.29, 0.717) is 18.7 Å². The number of rotatable bonds is 5. The summed E-state index contributed by atoms with van der Waals surface area (Å²) in [5.41, 5.74) is 6.92. The number of amides is 1. The molecule has 0 aromatic heterocycles. The van der Waals surface area contributed by atoms with Gasteiger partial charge in [0.15, 0.2) is 0 Å². The number of nitrogens with one attached hydrogen (secondary N) is 1. The molecule has 3 N–H and O–H groups in total. The van der Waals surface area contributed by atoms with Crippen LogP contribution in [0, 0.1) is 5.82 Å². The zero-order chi connectivity index (χ0) is 13.7. The second-order valence-electron chi connectivity index (χ2n) is 4.67. The number of hydrogen-bond acceptors (Lipinski definition) is 3. The first-order valence-electron chi connectivity index (χ1n) is 5.85. The van der Waals surface area contributed by atoms with Crippen LogP contribution in [0.4, 0.5) is 4.39 Å². The SMILES string of the molecule is C[C@@H](N)C(=O)NCc1ccc(F)c(CN(C)C)c1.Cl.Cl. The highest BCUT2D eigenvalue weighted by molar-refractivity contribution is 5.85. The second-order valence-corrected chi connectivity index (χ2v) is 4.67. The van der Waals surface area contributed by atoms with Crippen LogP contribution in [0.25, 0.3) is 0 Å². The normalized spacial score (nSPS) is 11.3. The summed E-state index contributed by atoms with van der Waals surface area (Å²) < 4.78 is 13.5. The Kier molecular flexibility index (Phi) is 10.6. The Hall–Kier alpha value is -0.880. The van der Waals surface area contributed by atoms with Crippen molar-refractivity contribution < 1.29 is 9.18 Å². The van der Waals surface area contributed by atoms with Crippen LogP contribution < -0.4 is 11.1 Å². The Morgan fingerprint density at radius 2 is 2.00 bits per heavy atom. The van der Waals surface area contributed by atoms with Crippen molar-refractivity contribution in [3.8, 4) is 0 Å². The van der Waals surface area contributed by atoms with Crippen LogP contribution in [0.5, 0.6) is 0 Å². The minimum absolute atomic E-state index is 0. The highest BCUT2D eigenvalue weighted by atomic mass is 35.5. The van der Waals surface area contributed by atoms with Crippen LogP contribution in [0.15, 0.2) is 18.2 Å². The molecule has 20 heavy (non-hydrogen) atoms. The van der Waals surface area contributed by atoms with Gasteiger partial charge in [-0.25, -0.2) is 4.39 Å². The molecule has 1 amide bonds. The predicted molar refractivity (Wildman–Crippen MR) is 83.8 cm³/mol. The monoisotopic (exact) mass is 325 g/mol. The van der Waals surface area contributed by atoms with Gasteiger partial charge in [0.25, 0.3) is 0 Å². The molecule has 4 nitrogen and oxygen atoms in total. The third-order valence-electron chi connectivity index (χ3n) is 2.48. The van der Waals surface area contributed by atoms with Crippen molar-refractivity contribution in [1.82, 2.24) is 10.2 Å². The van der Waals surface area contributed by atoms with Crippen molar-refractivity contribution in [2.75, 3.05) is 14.1 Å². The molecule has 0 aliphatic carbocycles. The quantitative estimate of drug-likeness (QED) is 0.866. The highest BCUT2D eigenvalue weighted by Crippen LogP contribution is 2.12. The summed E-state index contributed by atoms with van der Waals surface area (Å²) in [5, 5.41) is 2.70. The highest BCUT2D eigenvalue weighted by Gasteiger charge is 2.08. The van der Waals surface area contributed by atoms with Crippen LogP contribution in [0.2, 0.25) is 0 Å². The molecule has 0 radical (unpaired) electrons. The molecule has 0 spiro atoms. The molecule has 1 aromatic rings. The van der Waals surface area contributed by atoms with E-state index in [4.69, 9.17) is 5.73 Å². The zero-order valence-electron chi connectivity index (χ0n) is 11.9. The lowest BCUT2D eigenvalue weighted by Gasteiger charge is -2.13. The molecule has 0 fully saturated rings. The lowest BCUT2D eigenvalue weighted by molar-refractivity contribution is -0.122. The van der Waals surface area contributed by atoms with E-state index in [1.54, 1.807) is 19.1 Å². The van der Waals surface area contributed by atoms with Crippen LogP contribution in [0.3, 0.4) is 0 Å². The van der Waals surface area contributed by atoms with Crippen molar-refractivity contribution in [2.24, 2.45) is 5.73 Å². The Morgan fingerprint density at radius 1 is 1.40 bits per heavy atom. The van der Waals surface area contributed by atoms with Gasteiger partial charge in [0.2, 0.25) is 5.91 Å². The lowest BCUT2D eigenvalue weighted by Crippen LogP contribution is -2.37. The number of nitrogens with zero attached hydrogens (tertiary/aromatic N) is 1. The Bertz CT molecular complexity index is 428. The smallest absolute Gasteiger partial charge is 0.236 e. The van der Waals surface area contributed by atoms with E-state index in [-0.39, 0.29) is 36.5 Å². The van der Waals surface area contributed by atoms with E-state index in [1.165, 1.54) is 6.07 Å². The topological polar surface area (TPSA) is 58.4 Å². The molecule has 0 heterocycles. The maximum atomic E-state index is 13.5. The summed E-state index contributed by atoms with van der Waals surface area (Å²) in [7, 11) is 3.76. The molecule has 116 valence electrons. The van der Waals surface area contributed by atoms with Gasteiger partial charge in [0.1, 0.15) is 5.82 Å². The van der Waals surface area contributed by atoms with E-state index >= 15 is 0 Å². The van der Waals surface area contributed by atoms with Gasteiger partial charge >= 0.3 is 0 Å². The Labute approximate surface area is 131 Å². The van der Waals surface area contributed by atoms with Gasteiger partial charge in [0, 0.05) is 18.7 Å². The summed E-state index contributed by atoms with van der Waals surface area (Å²) in [4.78, 5) is 13.2. The molecule has 1 aromatic carbocycles. The minimum atomic E-state index is -0.535. The summed E-state index contributed by atoms with van der Waals surface area (Å²) in [6, 6.07) is 4.31. The summed E-state index contributed by atoms with van der Waals surface area (Å²) >= 11 is 0. The van der Waals surface area contributed by atoms with Gasteiger partial charge in [0.05, 0.1) is 6.04 Å². The van der Waals surface area contributed by atoms with Gasteiger partial charge < -0.3 is 16.0 Å². The van der Waals surface area contributed by atoms with Crippen molar-refractivity contribution >= 4 is 30.7 Å². The van der Waals surface area contributed by atoms with E-state index in [1.807, 2.05) is 19.0 Å². The maximum Gasteiger partial charge on any atom is 0.236 e. The fraction of sp³-hybridized carbons (Fsp3) is 0.462. The van der Waals surface area contributed by atoms with Crippen molar-refractivity contribution in [3.05, 3.63) is 35.1 Å². The number of halogens is 3. The lowest BCUT2D eigenvalue weighted by atomic mass is 10.1. The average molecular weight is 326 g/mol. The minimum Gasteiger partial charge on any atom is -0.351 e. The van der Waals surface area contributed by atoms with Crippen molar-refractivity contribution in [2.45, 2.75) is 26.1 Å². The maximum absolute atomic E-state index is 13.5. The predicted octanol–water partition coefficient (Wildman–Crippen LogP) is 1.69. The third-order valence-corrected chi connectivity index (χ3v) is 2.48. The fourth-order valence-corrected chi connectivity index (χ4v) is 1.55. The largest absolute Gasteiger partial charge is 0.351 e. The molecule has 0 saturated heterocycles. The molecule has 0 aliphatic heterocycles. The van der Waals surface area contributed by atoms with E-state index in [9.17, 15) is 9.18 Å². The van der Waals surface area contributed by atoms with E-state index in [2.05, 4.69) is 5.32 Å². The number of benzene rings is 1. The van der Waals surface area contributed by atoms with Gasteiger partial charge in [-0.3, -0.25) is 4.79 Å². The average Bonchev–Trinajstić information content (AvgIpc) is 2.28. The molecule has 0 saturated carbocycles. The van der Waals surface area contributed by atoms with Crippen LogP contribution >= 0.6 is 24.8 Å². The second kappa shape index (κ2) is 9.94. The number of hydrogen-bond donors (Lipinski definition) is 2. The molecule has 7 heteroatoms. The summed E-state index contributed by atoms with van der Waals surface area (Å²) in [6.45, 7) is 2.51. The number of nitrogens with two attached hydrogens (primary N) is 1. The van der Waals surface area contributed by atoms with E-state index in [0.717, 1.165) is 5.56 Å². The molecular formula is C13H22Cl2FN3O. The van der Waals surface area contributed by atoms with E-state index < -0.39 is 6.04 Å². The first kappa shape index (κ1) is 21.4. The molecule has 1 rings (SSSR count). The van der Waals surface area contributed by atoms with Crippen LogP contribution in [0.1, 0.15) is 18.1 Å². The number of carbonyl (C=O) groups is 1. The Morgan fingerprint density at radius 3 is 2.50 bits per heavy atom. The molecule has 0 bridgehead atoms. The molecule has 0 unspecified atom stereocenters. The first-order valence-corrected chi connectivity index (χ1v) is 5.85. The van der Waals surface area contributed by atoms with Gasteiger partial charge in [-0.2, -0.15) is 0 Å². The molecule has 0 aliphatic rings. The fourth-order valence-electron chi connectivity index (χ4n) is 1.55. The van der Waals surface area contributed by atoms with Crippen LogP contribution in [-0.2, 0) is 17.9 Å².